The molecule has 3 N–H and O–H groups in total. The van der Waals surface area contributed by atoms with Crippen molar-refractivity contribution in [2.45, 2.75) is 52.7 Å². The van der Waals surface area contributed by atoms with Crippen molar-refractivity contribution < 1.29 is 5.11 Å². The molecule has 1 fully saturated rings. The monoisotopic (exact) mass is 472 g/mol. The normalized spacial score (nSPS) is 23.4. The SMILES string of the molecule is CC1(C)CC(O)CC(C)(CNc2cc(NCc3cccnc3)n3ncc(Br)c3n2)C1. The molecule has 0 aliphatic heterocycles. The van der Waals surface area contributed by atoms with Crippen molar-refractivity contribution in [2.75, 3.05) is 17.2 Å². The highest BCUT2D eigenvalue weighted by Crippen LogP contribution is 2.46. The number of halogens is 1. The van der Waals surface area contributed by atoms with E-state index in [2.05, 4.69) is 57.4 Å². The maximum Gasteiger partial charge on any atom is 0.173 e. The highest BCUT2D eigenvalue weighted by atomic mass is 79.9. The van der Waals surface area contributed by atoms with Crippen LogP contribution in [0.5, 0.6) is 0 Å². The molecule has 2 atom stereocenters. The molecule has 7 nitrogen and oxygen atoms in total. The third-order valence-corrected chi connectivity index (χ3v) is 6.30. The van der Waals surface area contributed by atoms with Gasteiger partial charge in [-0.05, 0) is 57.7 Å². The van der Waals surface area contributed by atoms with Gasteiger partial charge >= 0.3 is 0 Å². The lowest BCUT2D eigenvalue weighted by molar-refractivity contribution is -0.00320. The van der Waals surface area contributed by atoms with E-state index in [-0.39, 0.29) is 16.9 Å². The number of fused-ring (bicyclic) bond motifs is 1. The number of nitrogens with zero attached hydrogens (tertiary/aromatic N) is 4. The van der Waals surface area contributed by atoms with Gasteiger partial charge in [-0.15, -0.1) is 0 Å². The standard InChI is InChI=1S/C22H29BrN6O/c1-21(2)8-16(30)9-22(3,13-21)14-26-18-7-19(25-11-15-5-4-6-24-10-15)29-20(28-18)17(23)12-27-29/h4-7,10,12,16,25,30H,8-9,11,13-14H2,1-3H3,(H,26,28). The molecule has 4 rings (SSSR count). The molecule has 0 radical (unpaired) electrons. The van der Waals surface area contributed by atoms with E-state index >= 15 is 0 Å². The molecule has 2 unspecified atom stereocenters. The minimum Gasteiger partial charge on any atom is -0.393 e. The first-order valence-electron chi connectivity index (χ1n) is 10.3. The number of aliphatic hydroxyl groups is 1. The summed E-state index contributed by atoms with van der Waals surface area (Å²) in [6, 6.07) is 5.95. The van der Waals surface area contributed by atoms with Gasteiger partial charge in [-0.3, -0.25) is 4.98 Å². The van der Waals surface area contributed by atoms with E-state index in [0.717, 1.165) is 53.1 Å². The largest absolute Gasteiger partial charge is 0.393 e. The number of pyridine rings is 1. The molecular formula is C22H29BrN6O. The van der Waals surface area contributed by atoms with Gasteiger partial charge < -0.3 is 15.7 Å². The van der Waals surface area contributed by atoms with Crippen LogP contribution in [0.2, 0.25) is 0 Å². The van der Waals surface area contributed by atoms with Crippen LogP contribution >= 0.6 is 15.9 Å². The van der Waals surface area contributed by atoms with E-state index < -0.39 is 0 Å². The van der Waals surface area contributed by atoms with Crippen LogP contribution in [-0.4, -0.2) is 37.3 Å². The molecule has 3 heterocycles. The zero-order valence-electron chi connectivity index (χ0n) is 17.7. The lowest BCUT2D eigenvalue weighted by atomic mass is 9.63. The Balaban J connectivity index is 1.54. The van der Waals surface area contributed by atoms with Gasteiger partial charge in [0.15, 0.2) is 5.65 Å². The van der Waals surface area contributed by atoms with E-state index in [1.54, 1.807) is 16.9 Å². The number of hydrogen-bond acceptors (Lipinski definition) is 6. The lowest BCUT2D eigenvalue weighted by Crippen LogP contribution is -2.42. The van der Waals surface area contributed by atoms with Gasteiger partial charge in [-0.25, -0.2) is 4.98 Å². The zero-order chi connectivity index (χ0) is 21.4. The number of nitrogens with one attached hydrogen (secondary N) is 2. The van der Waals surface area contributed by atoms with Gasteiger partial charge in [0.2, 0.25) is 0 Å². The minimum atomic E-state index is -0.253. The number of aromatic nitrogens is 4. The molecule has 1 saturated carbocycles. The Morgan fingerprint density at radius 3 is 2.80 bits per heavy atom. The quantitative estimate of drug-likeness (QED) is 0.489. The van der Waals surface area contributed by atoms with E-state index in [1.807, 2.05) is 24.4 Å². The van der Waals surface area contributed by atoms with Crippen molar-refractivity contribution in [2.24, 2.45) is 10.8 Å². The van der Waals surface area contributed by atoms with Crippen LogP contribution in [0.3, 0.4) is 0 Å². The average Bonchev–Trinajstić information content (AvgIpc) is 3.05. The molecule has 0 amide bonds. The molecular weight excluding hydrogens is 444 g/mol. The number of hydrogen-bond donors (Lipinski definition) is 3. The van der Waals surface area contributed by atoms with Gasteiger partial charge in [0.05, 0.1) is 16.8 Å². The predicted octanol–water partition coefficient (Wildman–Crippen LogP) is 4.49. The Bertz CT molecular complexity index is 1020. The van der Waals surface area contributed by atoms with E-state index in [9.17, 15) is 5.11 Å². The summed E-state index contributed by atoms with van der Waals surface area (Å²) < 4.78 is 2.64. The summed E-state index contributed by atoms with van der Waals surface area (Å²) in [5, 5.41) is 21.8. The van der Waals surface area contributed by atoms with Gasteiger partial charge in [0, 0.05) is 31.5 Å². The average molecular weight is 473 g/mol. The third-order valence-electron chi connectivity index (χ3n) is 5.74. The number of aliphatic hydroxyl groups excluding tert-OH is 1. The fraction of sp³-hybridized carbons (Fsp3) is 0.500. The van der Waals surface area contributed by atoms with Crippen LogP contribution in [0.1, 0.15) is 45.6 Å². The van der Waals surface area contributed by atoms with Crippen LogP contribution in [0.15, 0.2) is 41.3 Å². The molecule has 1 aliphatic rings. The van der Waals surface area contributed by atoms with Crippen molar-refractivity contribution in [3.63, 3.8) is 0 Å². The highest BCUT2D eigenvalue weighted by Gasteiger charge is 2.40. The molecule has 30 heavy (non-hydrogen) atoms. The molecule has 0 saturated heterocycles. The second-order valence-electron chi connectivity index (χ2n) is 9.54. The van der Waals surface area contributed by atoms with Crippen molar-refractivity contribution >= 4 is 33.2 Å². The third kappa shape index (κ3) is 4.75. The molecule has 1 aliphatic carbocycles. The molecule has 8 heteroatoms. The minimum absolute atomic E-state index is 0.00967. The maximum absolute atomic E-state index is 10.4. The van der Waals surface area contributed by atoms with Crippen LogP contribution in [0.25, 0.3) is 5.65 Å². The Morgan fingerprint density at radius 1 is 1.23 bits per heavy atom. The second kappa shape index (κ2) is 8.15. The zero-order valence-corrected chi connectivity index (χ0v) is 19.3. The predicted molar refractivity (Wildman–Crippen MR) is 122 cm³/mol. The Kier molecular flexibility index (Phi) is 5.72. The van der Waals surface area contributed by atoms with Gasteiger partial charge in [-0.1, -0.05) is 26.8 Å². The first-order chi connectivity index (χ1) is 14.2. The van der Waals surface area contributed by atoms with E-state index in [1.165, 1.54) is 0 Å². The summed E-state index contributed by atoms with van der Waals surface area (Å²) in [5.41, 5.74) is 1.99. The van der Waals surface area contributed by atoms with Crippen molar-refractivity contribution in [3.05, 3.63) is 46.8 Å². The molecule has 3 aromatic rings. The fourth-order valence-corrected chi connectivity index (χ4v) is 5.21. The molecule has 160 valence electrons. The summed E-state index contributed by atoms with van der Waals surface area (Å²) >= 11 is 3.55. The Labute approximate surface area is 185 Å². The van der Waals surface area contributed by atoms with Crippen LogP contribution in [0, 0.1) is 10.8 Å². The smallest absolute Gasteiger partial charge is 0.173 e. The summed E-state index contributed by atoms with van der Waals surface area (Å²) in [7, 11) is 0. The Hall–Kier alpha value is -2.19. The first kappa shape index (κ1) is 21.1. The lowest BCUT2D eigenvalue weighted by Gasteiger charge is -2.45. The maximum atomic E-state index is 10.4. The molecule has 3 aromatic heterocycles. The first-order valence-corrected chi connectivity index (χ1v) is 11.1. The fourth-order valence-electron chi connectivity index (χ4n) is 4.87. The van der Waals surface area contributed by atoms with Crippen LogP contribution in [0.4, 0.5) is 11.6 Å². The van der Waals surface area contributed by atoms with E-state index in [4.69, 9.17) is 4.98 Å². The van der Waals surface area contributed by atoms with Crippen molar-refractivity contribution in [1.82, 2.24) is 19.6 Å². The Morgan fingerprint density at radius 2 is 2.07 bits per heavy atom. The van der Waals surface area contributed by atoms with Gasteiger partial charge in [0.25, 0.3) is 0 Å². The van der Waals surface area contributed by atoms with Gasteiger partial charge in [0.1, 0.15) is 11.6 Å². The number of rotatable bonds is 6. The van der Waals surface area contributed by atoms with Crippen LogP contribution in [-0.2, 0) is 6.54 Å². The van der Waals surface area contributed by atoms with Crippen LogP contribution < -0.4 is 10.6 Å². The number of anilines is 2. The molecule has 0 spiro atoms. The molecule has 0 aromatic carbocycles. The highest BCUT2D eigenvalue weighted by molar-refractivity contribution is 9.10. The van der Waals surface area contributed by atoms with Crippen molar-refractivity contribution in [3.8, 4) is 0 Å². The summed E-state index contributed by atoms with van der Waals surface area (Å²) in [5.74, 6) is 1.64. The summed E-state index contributed by atoms with van der Waals surface area (Å²) in [6.45, 7) is 8.12. The molecule has 0 bridgehead atoms. The summed E-state index contributed by atoms with van der Waals surface area (Å²) in [6.07, 6.45) is 7.84. The van der Waals surface area contributed by atoms with Gasteiger partial charge in [-0.2, -0.15) is 9.61 Å². The second-order valence-corrected chi connectivity index (χ2v) is 10.4. The topological polar surface area (TPSA) is 87.4 Å². The summed E-state index contributed by atoms with van der Waals surface area (Å²) in [4.78, 5) is 8.92. The van der Waals surface area contributed by atoms with Crippen molar-refractivity contribution in [1.29, 1.82) is 0 Å². The van der Waals surface area contributed by atoms with E-state index in [0.29, 0.717) is 6.54 Å².